The molecule has 0 amide bonds. The molecule has 0 aliphatic carbocycles. The number of aliphatic hydroxyl groups is 1. The molecule has 0 saturated carbocycles. The highest BCUT2D eigenvalue weighted by Crippen LogP contribution is 2.29. The van der Waals surface area contributed by atoms with E-state index < -0.39 is 0 Å². The summed E-state index contributed by atoms with van der Waals surface area (Å²) >= 11 is 0. The number of hydrogen-bond donors (Lipinski definition) is 2. The second kappa shape index (κ2) is 13.3. The van der Waals surface area contributed by atoms with Crippen LogP contribution in [-0.4, -0.2) is 57.3 Å². The number of nitrogens with zero attached hydrogens (tertiary/aromatic N) is 4. The van der Waals surface area contributed by atoms with Gasteiger partial charge in [0.15, 0.2) is 5.82 Å². The first kappa shape index (κ1) is 27.5. The van der Waals surface area contributed by atoms with Crippen LogP contribution in [0.5, 0.6) is 0 Å². The van der Waals surface area contributed by atoms with E-state index in [9.17, 15) is 9.90 Å². The minimum Gasteiger partial charge on any atom is -0.469 e. The highest BCUT2D eigenvalue weighted by atomic mass is 16.5. The number of aromatic nitrogens is 3. The Morgan fingerprint density at radius 2 is 1.84 bits per heavy atom. The molecular formula is C30H39N5O3. The van der Waals surface area contributed by atoms with Crippen molar-refractivity contribution in [2.45, 2.75) is 58.5 Å². The Bertz CT molecular complexity index is 1370. The van der Waals surface area contributed by atoms with E-state index in [1.807, 2.05) is 30.3 Å². The van der Waals surface area contributed by atoms with Crippen LogP contribution in [0.15, 0.2) is 48.5 Å². The Morgan fingerprint density at radius 1 is 1.05 bits per heavy atom. The van der Waals surface area contributed by atoms with Crippen molar-refractivity contribution in [3.63, 3.8) is 0 Å². The number of methoxy groups -OCH3 is 1. The minimum atomic E-state index is -0.242. The highest BCUT2D eigenvalue weighted by molar-refractivity contribution is 6.06. The predicted molar refractivity (Wildman–Crippen MR) is 152 cm³/mol. The lowest BCUT2D eigenvalue weighted by Gasteiger charge is -2.23. The maximum absolute atomic E-state index is 11.7. The van der Waals surface area contributed by atoms with Crippen molar-refractivity contribution in [2.24, 2.45) is 0 Å². The largest absolute Gasteiger partial charge is 0.469 e. The van der Waals surface area contributed by atoms with Crippen LogP contribution in [0.4, 0.5) is 5.82 Å². The number of hydrogen-bond acceptors (Lipinski definition) is 7. The van der Waals surface area contributed by atoms with Gasteiger partial charge in [-0.2, -0.15) is 0 Å². The second-order valence-corrected chi connectivity index (χ2v) is 9.77. The van der Waals surface area contributed by atoms with Crippen LogP contribution in [0.25, 0.3) is 21.9 Å². The van der Waals surface area contributed by atoms with Gasteiger partial charge in [0.2, 0.25) is 0 Å². The number of imidazole rings is 1. The topological polar surface area (TPSA) is 107 Å². The number of aryl methyl sites for hydroxylation is 2. The van der Waals surface area contributed by atoms with Crippen LogP contribution >= 0.6 is 0 Å². The second-order valence-electron chi connectivity index (χ2n) is 9.77. The molecule has 202 valence electrons. The van der Waals surface area contributed by atoms with E-state index in [1.54, 1.807) is 0 Å². The van der Waals surface area contributed by atoms with Gasteiger partial charge in [-0.15, -0.1) is 0 Å². The van der Waals surface area contributed by atoms with Gasteiger partial charge in [0, 0.05) is 44.6 Å². The number of carbonyl (C=O) groups excluding carboxylic acids is 1. The number of rotatable bonds is 14. The monoisotopic (exact) mass is 517 g/mol. The zero-order valence-corrected chi connectivity index (χ0v) is 22.5. The number of nitrogen functional groups attached to an aromatic ring is 1. The Labute approximate surface area is 224 Å². The van der Waals surface area contributed by atoms with Crippen LogP contribution in [0, 0.1) is 0 Å². The number of benzene rings is 2. The van der Waals surface area contributed by atoms with E-state index in [2.05, 4.69) is 39.6 Å². The van der Waals surface area contributed by atoms with Crippen LogP contribution in [0.2, 0.25) is 0 Å². The average Bonchev–Trinajstić information content (AvgIpc) is 3.29. The van der Waals surface area contributed by atoms with Crippen LogP contribution in [0.1, 0.15) is 49.6 Å². The number of unbranched alkanes of at least 4 members (excludes halogenated alkanes) is 1. The van der Waals surface area contributed by atoms with Crippen molar-refractivity contribution in [2.75, 3.05) is 32.5 Å². The maximum Gasteiger partial charge on any atom is 0.309 e. The number of fused-ring (bicyclic) bond motifs is 3. The number of para-hydroxylation sites is 1. The summed E-state index contributed by atoms with van der Waals surface area (Å²) in [6.07, 6.45) is 4.97. The molecule has 3 N–H and O–H groups in total. The molecule has 0 aliphatic rings. The van der Waals surface area contributed by atoms with E-state index in [4.69, 9.17) is 15.5 Å². The molecular weight excluding hydrogens is 478 g/mol. The molecule has 38 heavy (non-hydrogen) atoms. The van der Waals surface area contributed by atoms with E-state index in [1.165, 1.54) is 7.11 Å². The summed E-state index contributed by atoms with van der Waals surface area (Å²) in [6, 6.07) is 16.2. The maximum atomic E-state index is 11.7. The summed E-state index contributed by atoms with van der Waals surface area (Å²) in [5.41, 5.74) is 11.2. The third-order valence-corrected chi connectivity index (χ3v) is 6.91. The number of aliphatic hydroxyl groups excluding tert-OH is 1. The fourth-order valence-corrected chi connectivity index (χ4v) is 5.02. The van der Waals surface area contributed by atoms with Crippen molar-refractivity contribution in [3.8, 4) is 0 Å². The summed E-state index contributed by atoms with van der Waals surface area (Å²) in [7, 11) is 1.41. The van der Waals surface area contributed by atoms with Crippen molar-refractivity contribution < 1.29 is 14.6 Å². The number of esters is 1. The molecule has 0 aliphatic heterocycles. The quantitative estimate of drug-likeness (QED) is 0.237. The van der Waals surface area contributed by atoms with Gasteiger partial charge >= 0.3 is 5.97 Å². The first-order valence-electron chi connectivity index (χ1n) is 13.5. The molecule has 8 heteroatoms. The van der Waals surface area contributed by atoms with E-state index >= 15 is 0 Å². The van der Waals surface area contributed by atoms with Crippen LogP contribution < -0.4 is 5.73 Å². The zero-order chi connectivity index (χ0) is 26.9. The lowest BCUT2D eigenvalue weighted by atomic mass is 10.1. The molecule has 4 aromatic rings. The molecule has 0 atom stereocenters. The highest BCUT2D eigenvalue weighted by Gasteiger charge is 2.17. The van der Waals surface area contributed by atoms with Gasteiger partial charge in [-0.25, -0.2) is 9.97 Å². The lowest BCUT2D eigenvalue weighted by Crippen LogP contribution is -2.27. The summed E-state index contributed by atoms with van der Waals surface area (Å²) in [5.74, 6) is 1.30. The number of anilines is 1. The third kappa shape index (κ3) is 6.68. The van der Waals surface area contributed by atoms with Crippen LogP contribution in [0.3, 0.4) is 0 Å². The molecule has 0 fully saturated rings. The number of carbonyl (C=O) groups is 1. The first-order chi connectivity index (χ1) is 18.5. The van der Waals surface area contributed by atoms with Crippen molar-refractivity contribution >= 4 is 33.7 Å². The van der Waals surface area contributed by atoms with E-state index in [0.717, 1.165) is 90.7 Å². The Morgan fingerprint density at radius 3 is 2.63 bits per heavy atom. The molecule has 4 rings (SSSR count). The fourth-order valence-electron chi connectivity index (χ4n) is 5.02. The smallest absolute Gasteiger partial charge is 0.309 e. The van der Waals surface area contributed by atoms with Gasteiger partial charge in [0.05, 0.1) is 24.6 Å². The van der Waals surface area contributed by atoms with Crippen molar-refractivity contribution in [3.05, 3.63) is 65.5 Å². The first-order valence-corrected chi connectivity index (χ1v) is 13.5. The molecule has 0 radical (unpaired) electrons. The zero-order valence-electron chi connectivity index (χ0n) is 22.5. The Balaban J connectivity index is 1.54. The molecule has 2 heterocycles. The summed E-state index contributed by atoms with van der Waals surface area (Å²) in [4.78, 5) is 23.6. The Hall–Kier alpha value is -3.49. The summed E-state index contributed by atoms with van der Waals surface area (Å²) in [5, 5.41) is 10.6. The molecule has 2 aromatic carbocycles. The van der Waals surface area contributed by atoms with E-state index in [0.29, 0.717) is 12.2 Å². The van der Waals surface area contributed by atoms with Gasteiger partial charge in [0.25, 0.3) is 0 Å². The van der Waals surface area contributed by atoms with Crippen molar-refractivity contribution in [1.29, 1.82) is 0 Å². The molecule has 8 nitrogen and oxygen atoms in total. The van der Waals surface area contributed by atoms with Gasteiger partial charge in [0.1, 0.15) is 11.3 Å². The van der Waals surface area contributed by atoms with Gasteiger partial charge < -0.3 is 20.1 Å². The van der Waals surface area contributed by atoms with E-state index in [-0.39, 0.29) is 19.0 Å². The number of nitrogens with two attached hydrogens (primary N) is 1. The van der Waals surface area contributed by atoms with Gasteiger partial charge in [-0.05, 0) is 36.5 Å². The van der Waals surface area contributed by atoms with Crippen molar-refractivity contribution in [1.82, 2.24) is 19.4 Å². The van der Waals surface area contributed by atoms with Crippen LogP contribution in [-0.2, 0) is 35.5 Å². The molecule has 0 unspecified atom stereocenters. The SMILES string of the molecule is CCCCc1nc2c(N)nc3ccccc3c2n1CCCN(CCCO)Cc1cccc(CC(=O)OC)c1. The fraction of sp³-hybridized carbons (Fsp3) is 0.433. The van der Waals surface area contributed by atoms with Gasteiger partial charge in [-0.3, -0.25) is 9.69 Å². The standard InChI is InChI=1S/C30H39N5O3/c1-3-4-14-26-33-28-29(24-12-5-6-13-25(24)32-30(28)31)35(26)17-8-15-34(16-9-18-36)21-23-11-7-10-22(19-23)20-27(37)38-2/h5-7,10-13,19,36H,3-4,8-9,14-18,20-21H2,1-2H3,(H2,31,32). The molecule has 2 aromatic heterocycles. The third-order valence-electron chi connectivity index (χ3n) is 6.91. The summed E-state index contributed by atoms with van der Waals surface area (Å²) in [6.45, 7) is 5.59. The number of ether oxygens (including phenoxy) is 1. The average molecular weight is 518 g/mol. The minimum absolute atomic E-state index is 0.157. The normalized spacial score (nSPS) is 11.6. The number of pyridine rings is 1. The Kier molecular flexibility index (Phi) is 9.67. The lowest BCUT2D eigenvalue weighted by molar-refractivity contribution is -0.139. The molecule has 0 spiro atoms. The predicted octanol–water partition coefficient (Wildman–Crippen LogP) is 4.50. The summed E-state index contributed by atoms with van der Waals surface area (Å²) < 4.78 is 7.16. The molecule has 0 saturated heterocycles. The van der Waals surface area contributed by atoms with Gasteiger partial charge in [-0.1, -0.05) is 55.8 Å². The molecule has 0 bridgehead atoms.